The topological polar surface area (TPSA) is 36.3 Å². The Hall–Kier alpha value is -1.74. The highest BCUT2D eigenvalue weighted by Crippen LogP contribution is 2.18. The summed E-state index contributed by atoms with van der Waals surface area (Å²) in [4.78, 5) is 1.32. The Morgan fingerprint density at radius 1 is 1.30 bits per heavy atom. The van der Waals surface area contributed by atoms with Crippen LogP contribution in [0.25, 0.3) is 0 Å². The average Bonchev–Trinajstić information content (AvgIpc) is 2.41. The van der Waals surface area contributed by atoms with Crippen LogP contribution in [0.4, 0.5) is 13.2 Å². The zero-order valence-electron chi connectivity index (χ0n) is 11.3. The van der Waals surface area contributed by atoms with Gasteiger partial charge in [0, 0.05) is 6.54 Å². The molecule has 0 aliphatic rings. The van der Waals surface area contributed by atoms with Crippen LogP contribution in [0.3, 0.4) is 0 Å². The molecule has 0 bridgehead atoms. The molecule has 0 saturated carbocycles. The predicted molar refractivity (Wildman–Crippen MR) is 69.4 cm³/mol. The van der Waals surface area contributed by atoms with Crippen molar-refractivity contribution in [2.45, 2.75) is 19.5 Å². The lowest BCUT2D eigenvalue weighted by Crippen LogP contribution is -2.35. The van der Waals surface area contributed by atoms with Crippen molar-refractivity contribution < 1.29 is 17.9 Å². The fraction of sp³-hybridized carbons (Fsp3) is 0.500. The van der Waals surface area contributed by atoms with Gasteiger partial charge < -0.3 is 4.74 Å². The molecule has 0 heterocycles. The molecule has 0 amide bonds. The number of benzene rings is 1. The molecule has 110 valence electrons. The van der Waals surface area contributed by atoms with Crippen LogP contribution < -0.4 is 4.74 Å². The average molecular weight is 286 g/mol. The standard InChI is InChI=1S/C14H17F3N2O/c1-2-19(11-14(15,16)17)8-5-9-20-13-7-4-3-6-12(13)10-18/h3-4,6-7H,2,5,8-9,11H2,1H3. The minimum atomic E-state index is -4.18. The van der Waals surface area contributed by atoms with E-state index in [1.807, 2.05) is 6.07 Å². The third kappa shape index (κ3) is 5.93. The number of ether oxygens (including phenoxy) is 1. The molecule has 0 radical (unpaired) electrons. The highest BCUT2D eigenvalue weighted by Gasteiger charge is 2.29. The first-order valence-corrected chi connectivity index (χ1v) is 6.37. The van der Waals surface area contributed by atoms with Crippen molar-refractivity contribution in [2.24, 2.45) is 0 Å². The van der Waals surface area contributed by atoms with Crippen molar-refractivity contribution in [3.63, 3.8) is 0 Å². The van der Waals surface area contributed by atoms with Crippen molar-refractivity contribution >= 4 is 0 Å². The highest BCUT2D eigenvalue weighted by atomic mass is 19.4. The van der Waals surface area contributed by atoms with Gasteiger partial charge in [-0.1, -0.05) is 19.1 Å². The molecule has 3 nitrogen and oxygen atoms in total. The van der Waals surface area contributed by atoms with E-state index in [0.717, 1.165) is 0 Å². The molecule has 0 atom stereocenters. The quantitative estimate of drug-likeness (QED) is 0.722. The summed E-state index contributed by atoms with van der Waals surface area (Å²) in [6.45, 7) is 1.72. The van der Waals surface area contributed by atoms with Crippen molar-refractivity contribution in [3.05, 3.63) is 29.8 Å². The Bertz CT molecular complexity index is 454. The van der Waals surface area contributed by atoms with Crippen molar-refractivity contribution in [3.8, 4) is 11.8 Å². The fourth-order valence-electron chi connectivity index (χ4n) is 1.76. The summed E-state index contributed by atoms with van der Waals surface area (Å²) in [6.07, 6.45) is -3.70. The van der Waals surface area contributed by atoms with Gasteiger partial charge in [-0.05, 0) is 25.1 Å². The second-order valence-electron chi connectivity index (χ2n) is 4.29. The summed E-state index contributed by atoms with van der Waals surface area (Å²) >= 11 is 0. The van der Waals surface area contributed by atoms with E-state index in [2.05, 4.69) is 0 Å². The maximum absolute atomic E-state index is 12.3. The van der Waals surface area contributed by atoms with E-state index in [4.69, 9.17) is 10.00 Å². The molecule has 0 saturated heterocycles. The van der Waals surface area contributed by atoms with Gasteiger partial charge in [0.15, 0.2) is 0 Å². The zero-order valence-corrected chi connectivity index (χ0v) is 11.3. The van der Waals surface area contributed by atoms with E-state index in [1.165, 1.54) is 4.90 Å². The molecule has 0 fully saturated rings. The lowest BCUT2D eigenvalue weighted by atomic mass is 10.2. The van der Waals surface area contributed by atoms with Gasteiger partial charge in [0.25, 0.3) is 0 Å². The predicted octanol–water partition coefficient (Wildman–Crippen LogP) is 3.21. The van der Waals surface area contributed by atoms with Crippen molar-refractivity contribution in [1.82, 2.24) is 4.90 Å². The minimum Gasteiger partial charge on any atom is -0.492 e. The van der Waals surface area contributed by atoms with Crippen LogP contribution in [0.5, 0.6) is 5.75 Å². The summed E-state index contributed by atoms with van der Waals surface area (Å²) in [7, 11) is 0. The third-order valence-corrected chi connectivity index (χ3v) is 2.73. The van der Waals surface area contributed by atoms with E-state index in [1.54, 1.807) is 31.2 Å². The second kappa shape index (κ2) is 7.75. The molecule has 1 aromatic carbocycles. The normalized spacial score (nSPS) is 11.4. The molecule has 1 aromatic rings. The molecule has 0 N–H and O–H groups in total. The number of hydrogen-bond acceptors (Lipinski definition) is 3. The molecule has 6 heteroatoms. The molecule has 20 heavy (non-hydrogen) atoms. The first kappa shape index (κ1) is 16.3. The van der Waals surface area contributed by atoms with Crippen LogP contribution in [0.2, 0.25) is 0 Å². The third-order valence-electron chi connectivity index (χ3n) is 2.73. The van der Waals surface area contributed by atoms with Crippen LogP contribution in [0, 0.1) is 11.3 Å². The molecule has 0 unspecified atom stereocenters. The van der Waals surface area contributed by atoms with Gasteiger partial charge in [0.2, 0.25) is 0 Å². The smallest absolute Gasteiger partial charge is 0.401 e. The number of para-hydroxylation sites is 1. The Kier molecular flexibility index (Phi) is 6.32. The number of rotatable bonds is 7. The second-order valence-corrected chi connectivity index (χ2v) is 4.29. The van der Waals surface area contributed by atoms with Gasteiger partial charge in [-0.3, -0.25) is 4.90 Å². The van der Waals surface area contributed by atoms with E-state index in [9.17, 15) is 13.2 Å². The van der Waals surface area contributed by atoms with Gasteiger partial charge in [-0.15, -0.1) is 0 Å². The first-order valence-electron chi connectivity index (χ1n) is 6.37. The van der Waals surface area contributed by atoms with Gasteiger partial charge in [-0.2, -0.15) is 18.4 Å². The van der Waals surface area contributed by atoms with E-state index in [-0.39, 0.29) is 6.61 Å². The first-order chi connectivity index (χ1) is 9.46. The van der Waals surface area contributed by atoms with Crippen molar-refractivity contribution in [1.29, 1.82) is 5.26 Å². The molecule has 0 spiro atoms. The van der Waals surface area contributed by atoms with Crippen LogP contribution in [0.1, 0.15) is 18.9 Å². The summed E-state index contributed by atoms with van der Waals surface area (Å²) in [5, 5.41) is 8.87. The minimum absolute atomic E-state index is 0.285. The van der Waals surface area contributed by atoms with Crippen LogP contribution in [0.15, 0.2) is 24.3 Å². The van der Waals surface area contributed by atoms with Crippen LogP contribution >= 0.6 is 0 Å². The van der Waals surface area contributed by atoms with Gasteiger partial charge in [0.1, 0.15) is 11.8 Å². The van der Waals surface area contributed by atoms with E-state index < -0.39 is 12.7 Å². The Balaban J connectivity index is 2.36. The molecule has 0 aliphatic heterocycles. The van der Waals surface area contributed by atoms with Gasteiger partial charge in [-0.25, -0.2) is 0 Å². The van der Waals surface area contributed by atoms with Gasteiger partial charge >= 0.3 is 6.18 Å². The van der Waals surface area contributed by atoms with Crippen molar-refractivity contribution in [2.75, 3.05) is 26.2 Å². The lowest BCUT2D eigenvalue weighted by Gasteiger charge is -2.21. The summed E-state index contributed by atoms with van der Waals surface area (Å²) in [5.41, 5.74) is 0.426. The maximum Gasteiger partial charge on any atom is 0.401 e. The van der Waals surface area contributed by atoms with Gasteiger partial charge in [0.05, 0.1) is 18.7 Å². The monoisotopic (exact) mass is 286 g/mol. The zero-order chi connectivity index (χ0) is 15.0. The number of nitrogens with zero attached hydrogens (tertiary/aromatic N) is 2. The SMILES string of the molecule is CCN(CCCOc1ccccc1C#N)CC(F)(F)F. The molecule has 0 aliphatic carbocycles. The summed E-state index contributed by atoms with van der Waals surface area (Å²) < 4.78 is 42.2. The summed E-state index contributed by atoms with van der Waals surface area (Å²) in [6, 6.07) is 8.79. The summed E-state index contributed by atoms with van der Waals surface area (Å²) in [5.74, 6) is 0.467. The van der Waals surface area contributed by atoms with Crippen LogP contribution in [-0.2, 0) is 0 Å². The largest absolute Gasteiger partial charge is 0.492 e. The molecule has 0 aromatic heterocycles. The highest BCUT2D eigenvalue weighted by molar-refractivity contribution is 5.42. The number of halogens is 3. The maximum atomic E-state index is 12.3. The molecule has 1 rings (SSSR count). The fourth-order valence-corrected chi connectivity index (χ4v) is 1.76. The Morgan fingerprint density at radius 3 is 2.60 bits per heavy atom. The number of alkyl halides is 3. The van der Waals surface area contributed by atoms with E-state index >= 15 is 0 Å². The lowest BCUT2D eigenvalue weighted by molar-refractivity contribution is -0.145. The number of nitriles is 1. The molecular weight excluding hydrogens is 269 g/mol. The Labute approximate surface area is 116 Å². The van der Waals surface area contributed by atoms with Crippen LogP contribution in [-0.4, -0.2) is 37.3 Å². The van der Waals surface area contributed by atoms with E-state index in [0.29, 0.717) is 30.8 Å². The molecular formula is C14H17F3N2O. The number of hydrogen-bond donors (Lipinski definition) is 0. The Morgan fingerprint density at radius 2 is 2.00 bits per heavy atom.